The van der Waals surface area contributed by atoms with Crippen LogP contribution in [0.25, 0.3) is 10.8 Å². The molecule has 0 unspecified atom stereocenters. The summed E-state index contributed by atoms with van der Waals surface area (Å²) in [6.45, 7) is 0.658. The van der Waals surface area contributed by atoms with Gasteiger partial charge in [-0.05, 0) is 42.4 Å². The molecular weight excluding hydrogens is 273 g/mol. The number of amides is 1. The lowest BCUT2D eigenvalue weighted by atomic mass is 10.0. The highest BCUT2D eigenvalue weighted by molar-refractivity contribution is 7.98. The Labute approximate surface area is 122 Å². The molecular formula is C16H18FNOS. The number of unbranched alkanes of at least 4 members (excludes halogenated alkanes) is 1. The first kappa shape index (κ1) is 14.9. The van der Waals surface area contributed by atoms with Crippen LogP contribution in [0.1, 0.15) is 23.2 Å². The first-order valence-electron chi connectivity index (χ1n) is 6.68. The standard InChI is InChI=1S/C16H18FNOS/c1-20-11-5-4-10-18-16(19)14-8-9-15(17)13-7-3-2-6-12(13)14/h2-3,6-9H,4-5,10-11H2,1H3,(H,18,19). The molecule has 0 aliphatic rings. The highest BCUT2D eigenvalue weighted by Gasteiger charge is 2.11. The number of thioether (sulfide) groups is 1. The van der Waals surface area contributed by atoms with Crippen LogP contribution in [0.2, 0.25) is 0 Å². The Hall–Kier alpha value is -1.55. The van der Waals surface area contributed by atoms with Gasteiger partial charge in [0.05, 0.1) is 0 Å². The van der Waals surface area contributed by atoms with E-state index >= 15 is 0 Å². The molecule has 0 bridgehead atoms. The van der Waals surface area contributed by atoms with Crippen molar-refractivity contribution in [3.05, 3.63) is 47.8 Å². The van der Waals surface area contributed by atoms with Gasteiger partial charge in [-0.1, -0.05) is 24.3 Å². The van der Waals surface area contributed by atoms with Gasteiger partial charge < -0.3 is 5.32 Å². The molecule has 106 valence electrons. The highest BCUT2D eigenvalue weighted by Crippen LogP contribution is 2.21. The van der Waals surface area contributed by atoms with Gasteiger partial charge in [0.25, 0.3) is 5.91 Å². The SMILES string of the molecule is CSCCCCNC(=O)c1ccc(F)c2ccccc12. The minimum atomic E-state index is -0.294. The van der Waals surface area contributed by atoms with Crippen molar-refractivity contribution in [1.29, 1.82) is 0 Å². The van der Waals surface area contributed by atoms with Gasteiger partial charge in [-0.25, -0.2) is 4.39 Å². The van der Waals surface area contributed by atoms with Crippen molar-refractivity contribution < 1.29 is 9.18 Å². The van der Waals surface area contributed by atoms with E-state index in [2.05, 4.69) is 11.6 Å². The van der Waals surface area contributed by atoms with E-state index in [1.165, 1.54) is 6.07 Å². The van der Waals surface area contributed by atoms with E-state index in [9.17, 15) is 9.18 Å². The molecule has 1 N–H and O–H groups in total. The number of carbonyl (C=O) groups is 1. The zero-order valence-corrected chi connectivity index (χ0v) is 12.3. The van der Waals surface area contributed by atoms with E-state index in [0.717, 1.165) is 18.6 Å². The lowest BCUT2D eigenvalue weighted by Gasteiger charge is -2.08. The van der Waals surface area contributed by atoms with Gasteiger partial charge in [0.1, 0.15) is 5.82 Å². The van der Waals surface area contributed by atoms with Crippen LogP contribution >= 0.6 is 11.8 Å². The molecule has 0 aliphatic carbocycles. The predicted octanol–water partition coefficient (Wildman–Crippen LogP) is 3.85. The van der Waals surface area contributed by atoms with Gasteiger partial charge in [0.2, 0.25) is 0 Å². The van der Waals surface area contributed by atoms with Crippen molar-refractivity contribution in [3.63, 3.8) is 0 Å². The van der Waals surface area contributed by atoms with Crippen LogP contribution in [0.4, 0.5) is 4.39 Å². The molecule has 0 radical (unpaired) electrons. The molecule has 2 nitrogen and oxygen atoms in total. The van der Waals surface area contributed by atoms with Crippen molar-refractivity contribution in [3.8, 4) is 0 Å². The van der Waals surface area contributed by atoms with Gasteiger partial charge >= 0.3 is 0 Å². The normalized spacial score (nSPS) is 10.7. The molecule has 2 rings (SSSR count). The molecule has 0 saturated heterocycles. The smallest absolute Gasteiger partial charge is 0.251 e. The average molecular weight is 291 g/mol. The minimum Gasteiger partial charge on any atom is -0.352 e. The Morgan fingerprint density at radius 3 is 2.65 bits per heavy atom. The van der Waals surface area contributed by atoms with E-state index in [0.29, 0.717) is 22.9 Å². The van der Waals surface area contributed by atoms with E-state index in [1.807, 2.05) is 6.07 Å². The Morgan fingerprint density at radius 1 is 1.15 bits per heavy atom. The van der Waals surface area contributed by atoms with E-state index < -0.39 is 0 Å². The fraction of sp³-hybridized carbons (Fsp3) is 0.312. The summed E-state index contributed by atoms with van der Waals surface area (Å²) >= 11 is 1.81. The van der Waals surface area contributed by atoms with Crippen LogP contribution in [0.15, 0.2) is 36.4 Å². The Balaban J connectivity index is 2.09. The third-order valence-electron chi connectivity index (χ3n) is 3.18. The molecule has 4 heteroatoms. The van der Waals surface area contributed by atoms with Crippen LogP contribution in [-0.4, -0.2) is 24.5 Å². The van der Waals surface area contributed by atoms with Gasteiger partial charge in [0.15, 0.2) is 0 Å². The second-order valence-electron chi connectivity index (χ2n) is 4.60. The van der Waals surface area contributed by atoms with E-state index in [1.54, 1.807) is 36.0 Å². The second kappa shape index (κ2) is 7.29. The molecule has 2 aromatic rings. The summed E-state index contributed by atoms with van der Waals surface area (Å²) < 4.78 is 13.7. The monoisotopic (exact) mass is 291 g/mol. The van der Waals surface area contributed by atoms with Crippen LogP contribution in [0, 0.1) is 5.82 Å². The molecule has 0 fully saturated rings. The van der Waals surface area contributed by atoms with Crippen LogP contribution in [0.3, 0.4) is 0 Å². The van der Waals surface area contributed by atoms with E-state index in [4.69, 9.17) is 0 Å². The molecule has 2 aromatic carbocycles. The predicted molar refractivity (Wildman–Crippen MR) is 83.9 cm³/mol. The van der Waals surface area contributed by atoms with Gasteiger partial charge in [-0.3, -0.25) is 4.79 Å². The second-order valence-corrected chi connectivity index (χ2v) is 5.58. The maximum atomic E-state index is 13.7. The fourth-order valence-corrected chi connectivity index (χ4v) is 2.62. The number of benzene rings is 2. The number of carbonyl (C=O) groups excluding carboxylic acids is 1. The summed E-state index contributed by atoms with van der Waals surface area (Å²) in [7, 11) is 0. The maximum Gasteiger partial charge on any atom is 0.251 e. The van der Waals surface area contributed by atoms with Crippen molar-refractivity contribution in [2.24, 2.45) is 0 Å². The van der Waals surface area contributed by atoms with Crippen molar-refractivity contribution in [1.82, 2.24) is 5.32 Å². The zero-order chi connectivity index (χ0) is 14.4. The summed E-state index contributed by atoms with van der Waals surface area (Å²) in [6.07, 6.45) is 4.13. The quantitative estimate of drug-likeness (QED) is 0.819. The minimum absolute atomic E-state index is 0.134. The number of nitrogens with one attached hydrogen (secondary N) is 1. The highest BCUT2D eigenvalue weighted by atomic mass is 32.2. The number of halogens is 1. The molecule has 20 heavy (non-hydrogen) atoms. The van der Waals surface area contributed by atoms with Crippen molar-refractivity contribution in [2.75, 3.05) is 18.6 Å². The average Bonchev–Trinajstić information content (AvgIpc) is 2.47. The molecule has 0 spiro atoms. The Kier molecular flexibility index (Phi) is 5.41. The van der Waals surface area contributed by atoms with Gasteiger partial charge in [-0.15, -0.1) is 0 Å². The van der Waals surface area contributed by atoms with E-state index in [-0.39, 0.29) is 11.7 Å². The lowest BCUT2D eigenvalue weighted by molar-refractivity contribution is 0.0955. The summed E-state index contributed by atoms with van der Waals surface area (Å²) in [5.74, 6) is 0.678. The summed E-state index contributed by atoms with van der Waals surface area (Å²) in [5.41, 5.74) is 0.534. The zero-order valence-electron chi connectivity index (χ0n) is 11.5. The number of hydrogen-bond acceptors (Lipinski definition) is 2. The van der Waals surface area contributed by atoms with Crippen molar-refractivity contribution in [2.45, 2.75) is 12.8 Å². The molecule has 0 aliphatic heterocycles. The van der Waals surface area contributed by atoms with Crippen LogP contribution in [-0.2, 0) is 0 Å². The van der Waals surface area contributed by atoms with Crippen LogP contribution < -0.4 is 5.32 Å². The number of rotatable bonds is 6. The number of hydrogen-bond donors (Lipinski definition) is 1. The summed E-state index contributed by atoms with van der Waals surface area (Å²) in [4.78, 5) is 12.2. The molecule has 0 atom stereocenters. The molecule has 1 amide bonds. The van der Waals surface area contributed by atoms with Crippen LogP contribution in [0.5, 0.6) is 0 Å². The largest absolute Gasteiger partial charge is 0.352 e. The maximum absolute atomic E-state index is 13.7. The molecule has 0 saturated carbocycles. The Bertz CT molecular complexity index is 600. The lowest BCUT2D eigenvalue weighted by Crippen LogP contribution is -2.24. The third kappa shape index (κ3) is 3.51. The molecule has 0 aromatic heterocycles. The summed E-state index contributed by atoms with van der Waals surface area (Å²) in [5, 5.41) is 4.05. The number of fused-ring (bicyclic) bond motifs is 1. The topological polar surface area (TPSA) is 29.1 Å². The first-order chi connectivity index (χ1) is 9.74. The van der Waals surface area contributed by atoms with Gasteiger partial charge in [0, 0.05) is 17.5 Å². The van der Waals surface area contributed by atoms with Crippen molar-refractivity contribution >= 4 is 28.4 Å². The third-order valence-corrected chi connectivity index (χ3v) is 3.87. The Morgan fingerprint density at radius 2 is 1.90 bits per heavy atom. The van der Waals surface area contributed by atoms with Gasteiger partial charge in [-0.2, -0.15) is 11.8 Å². The molecule has 0 heterocycles. The fourth-order valence-electron chi connectivity index (χ4n) is 2.13. The summed E-state index contributed by atoms with van der Waals surface area (Å²) in [6, 6.07) is 9.97. The first-order valence-corrected chi connectivity index (χ1v) is 8.08.